The van der Waals surface area contributed by atoms with Crippen molar-refractivity contribution in [3.8, 4) is 89.1 Å². The lowest BCUT2D eigenvalue weighted by molar-refractivity contribution is 0.111. The van der Waals surface area contributed by atoms with Crippen molar-refractivity contribution in [1.29, 1.82) is 0 Å². The fourth-order valence-electron chi connectivity index (χ4n) is 14.5. The Kier molecular flexibility index (Phi) is 16.8. The number of pyridine rings is 1. The third-order valence-electron chi connectivity index (χ3n) is 19.3. The first kappa shape index (κ1) is 67.4. The van der Waals surface area contributed by atoms with Crippen molar-refractivity contribution in [3.05, 3.63) is 189 Å². The van der Waals surface area contributed by atoms with Crippen molar-refractivity contribution < 1.29 is 35.7 Å². The molecule has 0 bridgehead atoms. The number of aromatic amines is 6. The molecule has 0 spiro atoms. The number of nitrogens with zero attached hydrogens (tertiary/aromatic N) is 13. The molecule has 1 atom stereocenters. The number of hydrogen-bond donors (Lipinski definition) is 6. The van der Waals surface area contributed by atoms with Crippen LogP contribution in [-0.2, 0) is 7.05 Å². The minimum absolute atomic E-state index is 0.164. The molecule has 0 aliphatic heterocycles. The van der Waals surface area contributed by atoms with Gasteiger partial charge in [0.15, 0.2) is 5.82 Å². The number of imidazole rings is 4. The average Bonchev–Trinajstić information content (AvgIpc) is 1.56. The Morgan fingerprint density at radius 1 is 0.481 bits per heavy atom. The highest BCUT2D eigenvalue weighted by Gasteiger charge is 2.59. The SMILES string of the molecule is Cc1ccc2ncccc2c1-c1cc(-c2c(C)noc2C)cc2[nH]cnc12.Cc1cnn(C)c1-c1cc(-c2c(C)noc2C)cc2[nH]cnc12.Cc1n[nH]c(C)c1-c1cc(-c2c(C)noc2C)cc2[nH]c(C(F)F)nc12.Cc1n[nH]c(C)c1-c1cc(-c2c(C)noc2C)cc2[nH]c(C3CC3(F)F)nc12. The van der Waals surface area contributed by atoms with E-state index in [4.69, 9.17) is 18.1 Å². The fourth-order valence-corrected chi connectivity index (χ4v) is 14.5. The van der Waals surface area contributed by atoms with Crippen molar-refractivity contribution >= 4 is 55.0 Å². The summed E-state index contributed by atoms with van der Waals surface area (Å²) in [6, 6.07) is 24.5. The molecule has 526 valence electrons. The van der Waals surface area contributed by atoms with Crippen LogP contribution in [0.25, 0.3) is 144 Å². The molecule has 1 unspecified atom stereocenters. The smallest absolute Gasteiger partial charge is 0.295 e. The number of aromatic nitrogens is 19. The second kappa shape index (κ2) is 25.9. The van der Waals surface area contributed by atoms with Crippen LogP contribution in [0.15, 0.2) is 116 Å². The molecule has 12 aromatic heterocycles. The largest absolute Gasteiger partial charge is 0.361 e. The normalized spacial score (nSPS) is 13.4. The van der Waals surface area contributed by atoms with Crippen LogP contribution in [0.3, 0.4) is 0 Å². The molecule has 5 aromatic carbocycles. The van der Waals surface area contributed by atoms with Gasteiger partial charge in [0.05, 0.1) is 114 Å². The zero-order valence-corrected chi connectivity index (χ0v) is 59.6. The Balaban J connectivity index is 0.000000112. The van der Waals surface area contributed by atoms with E-state index in [-0.39, 0.29) is 12.2 Å². The summed E-state index contributed by atoms with van der Waals surface area (Å²) in [4.78, 5) is 34.6. The molecule has 18 rings (SSSR count). The average molecular weight is 1400 g/mol. The number of rotatable bonds is 10. The van der Waals surface area contributed by atoms with Crippen LogP contribution in [-0.4, -0.2) is 102 Å². The maximum Gasteiger partial charge on any atom is 0.295 e. The quantitative estimate of drug-likeness (QED) is 0.0693. The summed E-state index contributed by atoms with van der Waals surface area (Å²) in [6.07, 6.45) is 4.32. The van der Waals surface area contributed by atoms with Gasteiger partial charge in [-0.2, -0.15) is 15.3 Å². The van der Waals surface area contributed by atoms with Crippen molar-refractivity contribution in [3.63, 3.8) is 0 Å². The maximum atomic E-state index is 13.6. The van der Waals surface area contributed by atoms with Crippen molar-refractivity contribution in [2.24, 2.45) is 7.05 Å². The molecule has 23 nitrogen and oxygen atoms in total. The summed E-state index contributed by atoms with van der Waals surface area (Å²) >= 11 is 0. The van der Waals surface area contributed by atoms with Crippen molar-refractivity contribution in [1.82, 2.24) is 95.7 Å². The molecule has 1 aliphatic carbocycles. The lowest BCUT2D eigenvalue weighted by atomic mass is 9.92. The molecule has 12 heterocycles. The van der Waals surface area contributed by atoms with E-state index in [1.54, 1.807) is 18.7 Å². The maximum absolute atomic E-state index is 13.6. The van der Waals surface area contributed by atoms with Gasteiger partial charge in [0.1, 0.15) is 28.9 Å². The minimum atomic E-state index is -2.68. The number of nitrogens with one attached hydrogen (secondary N) is 6. The Morgan fingerprint density at radius 3 is 1.35 bits per heavy atom. The first-order chi connectivity index (χ1) is 49.8. The summed E-state index contributed by atoms with van der Waals surface area (Å²) < 4.78 is 76.9. The van der Waals surface area contributed by atoms with Gasteiger partial charge in [-0.15, -0.1) is 0 Å². The number of fused-ring (bicyclic) bond motifs is 5. The Morgan fingerprint density at radius 2 is 0.923 bits per heavy atom. The van der Waals surface area contributed by atoms with E-state index < -0.39 is 18.3 Å². The van der Waals surface area contributed by atoms with E-state index in [1.165, 1.54) is 5.56 Å². The first-order valence-corrected chi connectivity index (χ1v) is 33.6. The minimum Gasteiger partial charge on any atom is -0.361 e. The van der Waals surface area contributed by atoms with Crippen LogP contribution in [0, 0.1) is 96.9 Å². The van der Waals surface area contributed by atoms with Crippen LogP contribution in [0.5, 0.6) is 0 Å². The Labute approximate surface area is 590 Å². The van der Waals surface area contributed by atoms with Crippen molar-refractivity contribution in [2.45, 2.75) is 122 Å². The number of H-pyrrole nitrogens is 6. The summed E-state index contributed by atoms with van der Waals surface area (Å²) in [6.45, 7) is 27.0. The van der Waals surface area contributed by atoms with Gasteiger partial charge in [-0.1, -0.05) is 32.8 Å². The molecule has 1 aliphatic rings. The highest BCUT2D eigenvalue weighted by Crippen LogP contribution is 2.55. The highest BCUT2D eigenvalue weighted by molar-refractivity contribution is 6.06. The van der Waals surface area contributed by atoms with E-state index in [2.05, 4.69) is 147 Å². The highest BCUT2D eigenvalue weighted by atomic mass is 19.3. The van der Waals surface area contributed by atoms with Gasteiger partial charge in [0, 0.05) is 92.1 Å². The monoisotopic (exact) mass is 1400 g/mol. The van der Waals surface area contributed by atoms with Crippen LogP contribution < -0.4 is 0 Å². The van der Waals surface area contributed by atoms with Crippen LogP contribution in [0.2, 0.25) is 0 Å². The van der Waals surface area contributed by atoms with E-state index in [1.807, 2.05) is 131 Å². The number of aryl methyl sites for hydroxylation is 15. The second-order valence-electron chi connectivity index (χ2n) is 26.6. The van der Waals surface area contributed by atoms with Crippen molar-refractivity contribution in [2.75, 3.05) is 0 Å². The number of hydrogen-bond acceptors (Lipinski definition) is 16. The molecule has 27 heteroatoms. The van der Waals surface area contributed by atoms with Gasteiger partial charge >= 0.3 is 0 Å². The molecule has 104 heavy (non-hydrogen) atoms. The molecule has 0 radical (unpaired) electrons. The standard InChI is InChI=1S/C22H18N4O.C20H19F2N5O.C18H17F2N5O.C17H17N5O/c1-12-6-7-18-16(5-4-8-23-18)20(12)17-9-15(10-19-22(17)25-11-24-19)21-13(2)26-27-14(21)3;1-8-16(9(2)26-25-8)13-5-12(17-10(3)27-28-11(17)4)6-15-18(13)24-19(23-15)14-7-20(14,21)22;1-7-14(8(2)24-23-7)12-5-11(15-9(3)25-26-10(15)4)6-13-16(12)22-18(21-13)17(19)20;1-9-7-20-22(4)17(9)13-5-12(6-14-16(13)19-8-18-14)15-10(2)21-23-11(15)3/h4-11H,1-3H3,(H,24,25);5-6,14H,7H2,1-4H3,(H,23,24)(H,25,26);5-6,17H,1-4H3,(H,21,22)(H,23,24);5-8H,1-4H3,(H,18,19). The van der Waals surface area contributed by atoms with Crippen LogP contribution >= 0.6 is 0 Å². The third-order valence-corrected chi connectivity index (χ3v) is 19.3. The van der Waals surface area contributed by atoms with Gasteiger partial charge in [0.2, 0.25) is 0 Å². The van der Waals surface area contributed by atoms with Gasteiger partial charge in [0.25, 0.3) is 12.3 Å². The number of benzene rings is 5. The predicted octanol–water partition coefficient (Wildman–Crippen LogP) is 18.6. The molecule has 17 aromatic rings. The van der Waals surface area contributed by atoms with Gasteiger partial charge < -0.3 is 38.0 Å². The topological polar surface area (TPSA) is 307 Å². The summed E-state index contributed by atoms with van der Waals surface area (Å²) in [7, 11) is 1.95. The molecular weight excluding hydrogens is 1330 g/mol. The summed E-state index contributed by atoms with van der Waals surface area (Å²) in [5.74, 6) is -0.546. The van der Waals surface area contributed by atoms with Gasteiger partial charge in [-0.3, -0.25) is 19.9 Å². The fraction of sp³-hybridized carbons (Fsp3) is 0.247. The molecule has 6 N–H and O–H groups in total. The van der Waals surface area contributed by atoms with E-state index in [0.717, 1.165) is 185 Å². The lowest BCUT2D eigenvalue weighted by Crippen LogP contribution is -1.96. The predicted molar refractivity (Wildman–Crippen MR) is 388 cm³/mol. The van der Waals surface area contributed by atoms with E-state index >= 15 is 0 Å². The molecule has 1 fully saturated rings. The number of halogens is 4. The van der Waals surface area contributed by atoms with E-state index in [9.17, 15) is 17.6 Å². The lowest BCUT2D eigenvalue weighted by Gasteiger charge is -2.13. The summed E-state index contributed by atoms with van der Waals surface area (Å²) in [5.41, 5.74) is 31.6. The zero-order chi connectivity index (χ0) is 73.1. The molecule has 0 saturated heterocycles. The summed E-state index contributed by atoms with van der Waals surface area (Å²) in [5, 5.41) is 36.2. The second-order valence-corrected chi connectivity index (χ2v) is 26.6. The molecular formula is C77H71F4N19O4. The third kappa shape index (κ3) is 11.8. The van der Waals surface area contributed by atoms with Gasteiger partial charge in [-0.25, -0.2) is 37.5 Å². The first-order valence-electron chi connectivity index (χ1n) is 33.6. The molecule has 0 amide bonds. The number of alkyl halides is 4. The Bertz CT molecular complexity index is 6040. The van der Waals surface area contributed by atoms with Gasteiger partial charge in [-0.05, 0) is 197 Å². The zero-order valence-electron chi connectivity index (χ0n) is 59.6. The molecule has 1 saturated carbocycles. The Hall–Kier alpha value is -12.4. The van der Waals surface area contributed by atoms with Crippen LogP contribution in [0.1, 0.15) is 110 Å². The van der Waals surface area contributed by atoms with Crippen LogP contribution in [0.4, 0.5) is 17.6 Å². The van der Waals surface area contributed by atoms with E-state index in [0.29, 0.717) is 39.4 Å².